The van der Waals surface area contributed by atoms with Gasteiger partial charge in [0.15, 0.2) is 5.13 Å². The molecule has 0 aliphatic rings. The molecule has 0 unspecified atom stereocenters. The Kier molecular flexibility index (Phi) is 6.52. The summed E-state index contributed by atoms with van der Waals surface area (Å²) in [7, 11) is 1.58. The number of methoxy groups -OCH3 is 1. The van der Waals surface area contributed by atoms with Crippen LogP contribution in [0.5, 0.6) is 5.75 Å². The molecule has 4 aromatic rings. The van der Waals surface area contributed by atoms with Gasteiger partial charge >= 0.3 is 0 Å². The maximum atomic E-state index is 12.4. The van der Waals surface area contributed by atoms with Crippen molar-refractivity contribution in [2.24, 2.45) is 0 Å². The van der Waals surface area contributed by atoms with Crippen molar-refractivity contribution in [2.45, 2.75) is 31.7 Å². The molecule has 0 radical (unpaired) electrons. The molecule has 1 amide bonds. The van der Waals surface area contributed by atoms with Crippen molar-refractivity contribution in [3.63, 3.8) is 0 Å². The number of carbonyl (C=O) groups excluding carboxylic acids is 1. The van der Waals surface area contributed by atoms with Gasteiger partial charge in [0.2, 0.25) is 11.1 Å². The first kappa shape index (κ1) is 22.0. The Morgan fingerprint density at radius 3 is 2.78 bits per heavy atom. The molecule has 0 atom stereocenters. The van der Waals surface area contributed by atoms with Gasteiger partial charge in [0.1, 0.15) is 5.75 Å². The fourth-order valence-corrected chi connectivity index (χ4v) is 4.97. The summed E-state index contributed by atoms with van der Waals surface area (Å²) in [5.74, 6) is 1.04. The number of hydrogen-bond acceptors (Lipinski definition) is 8. The first-order valence-corrected chi connectivity index (χ1v) is 11.7. The Morgan fingerprint density at radius 1 is 1.19 bits per heavy atom. The summed E-state index contributed by atoms with van der Waals surface area (Å²) in [4.78, 5) is 18.7. The number of carbonyl (C=O) groups is 1. The van der Waals surface area contributed by atoms with Crippen molar-refractivity contribution in [3.8, 4) is 11.4 Å². The van der Waals surface area contributed by atoms with Gasteiger partial charge in [-0.05, 0) is 53.6 Å². The number of aryl methyl sites for hydroxylation is 1. The summed E-state index contributed by atoms with van der Waals surface area (Å²) in [6.45, 7) is 5.64. The van der Waals surface area contributed by atoms with Gasteiger partial charge in [0, 0.05) is 18.1 Å². The molecule has 0 fully saturated rings. The highest BCUT2D eigenvalue weighted by Gasteiger charge is 2.21. The molecule has 0 N–H and O–H groups in total. The minimum atomic E-state index is -0.137. The number of nitrogens with zero attached hydrogens (tertiary/aromatic N) is 6. The number of anilines is 2. The largest absolute Gasteiger partial charge is 0.495 e. The van der Waals surface area contributed by atoms with Crippen LogP contribution >= 0.6 is 23.1 Å². The summed E-state index contributed by atoms with van der Waals surface area (Å²) >= 11 is 2.90. The van der Waals surface area contributed by atoms with Gasteiger partial charge in [-0.25, -0.2) is 4.98 Å². The van der Waals surface area contributed by atoms with Crippen LogP contribution in [0.25, 0.3) is 5.69 Å². The molecule has 2 aromatic heterocycles. The highest BCUT2D eigenvalue weighted by Crippen LogP contribution is 2.36. The van der Waals surface area contributed by atoms with Gasteiger partial charge < -0.3 is 4.74 Å². The Labute approximate surface area is 194 Å². The second-order valence-electron chi connectivity index (χ2n) is 7.03. The van der Waals surface area contributed by atoms with Gasteiger partial charge in [-0.15, -0.1) is 16.4 Å². The lowest BCUT2D eigenvalue weighted by atomic mass is 10.1. The summed E-state index contributed by atoms with van der Waals surface area (Å²) in [6.07, 6.45) is 0. The van der Waals surface area contributed by atoms with Crippen LogP contribution in [0.1, 0.15) is 23.7 Å². The number of aromatic nitrogens is 5. The fraction of sp³-hybridized carbons (Fsp3) is 0.227. The molecule has 0 saturated carbocycles. The standard InChI is InChI=1S/C22H22N6O2S2/c1-14-8-7-10-18(15(14)2)28-22(24-25-26-28)32-13-17-12-31-21(23-17)27(16(3)29)19-9-5-6-11-20(19)30-4/h5-12H,13H2,1-4H3. The van der Waals surface area contributed by atoms with E-state index in [2.05, 4.69) is 40.4 Å². The van der Waals surface area contributed by atoms with Gasteiger partial charge in [-0.1, -0.05) is 36.0 Å². The smallest absolute Gasteiger partial charge is 0.230 e. The average molecular weight is 467 g/mol. The molecule has 0 spiro atoms. The summed E-state index contributed by atoms with van der Waals surface area (Å²) < 4.78 is 7.18. The molecule has 0 saturated heterocycles. The monoisotopic (exact) mass is 466 g/mol. The van der Waals surface area contributed by atoms with Gasteiger partial charge in [-0.3, -0.25) is 9.69 Å². The zero-order valence-electron chi connectivity index (χ0n) is 18.1. The highest BCUT2D eigenvalue weighted by atomic mass is 32.2. The van der Waals surface area contributed by atoms with E-state index in [4.69, 9.17) is 4.74 Å². The van der Waals surface area contributed by atoms with E-state index in [-0.39, 0.29) is 5.91 Å². The van der Waals surface area contributed by atoms with Crippen LogP contribution in [-0.2, 0) is 10.5 Å². The second-order valence-corrected chi connectivity index (χ2v) is 8.81. The topological polar surface area (TPSA) is 86.0 Å². The van der Waals surface area contributed by atoms with E-state index in [1.165, 1.54) is 35.6 Å². The van der Waals surface area contributed by atoms with Crippen molar-refractivity contribution in [3.05, 3.63) is 64.7 Å². The van der Waals surface area contributed by atoms with Gasteiger partial charge in [-0.2, -0.15) is 4.68 Å². The summed E-state index contributed by atoms with van der Waals surface area (Å²) in [5.41, 5.74) is 4.77. The molecule has 32 heavy (non-hydrogen) atoms. The van der Waals surface area contributed by atoms with Crippen molar-refractivity contribution >= 4 is 39.8 Å². The summed E-state index contributed by atoms with van der Waals surface area (Å²) in [6, 6.07) is 13.5. The first-order valence-electron chi connectivity index (χ1n) is 9.85. The molecule has 8 nitrogen and oxygen atoms in total. The lowest BCUT2D eigenvalue weighted by molar-refractivity contribution is -0.115. The van der Waals surface area contributed by atoms with E-state index in [9.17, 15) is 4.79 Å². The SMILES string of the molecule is COc1ccccc1N(C(C)=O)c1nc(CSc2nnnn2-c2cccc(C)c2C)cs1. The third kappa shape index (κ3) is 4.37. The van der Waals surface area contributed by atoms with Gasteiger partial charge in [0.05, 0.1) is 24.2 Å². The van der Waals surface area contributed by atoms with Crippen molar-refractivity contribution in [2.75, 3.05) is 12.0 Å². The molecule has 2 aromatic carbocycles. The number of tetrazole rings is 1. The van der Waals surface area contributed by atoms with Crippen molar-refractivity contribution in [1.29, 1.82) is 0 Å². The maximum absolute atomic E-state index is 12.4. The number of ether oxygens (including phenoxy) is 1. The van der Waals surface area contributed by atoms with Crippen LogP contribution in [0, 0.1) is 13.8 Å². The minimum Gasteiger partial charge on any atom is -0.495 e. The number of rotatable bonds is 7. The lowest BCUT2D eigenvalue weighted by Gasteiger charge is -2.20. The van der Waals surface area contributed by atoms with Crippen molar-refractivity contribution < 1.29 is 9.53 Å². The van der Waals surface area contributed by atoms with E-state index in [1.54, 1.807) is 16.7 Å². The van der Waals surface area contributed by atoms with E-state index < -0.39 is 0 Å². The lowest BCUT2D eigenvalue weighted by Crippen LogP contribution is -2.23. The number of thioether (sulfide) groups is 1. The molecule has 2 heterocycles. The normalized spacial score (nSPS) is 10.9. The minimum absolute atomic E-state index is 0.137. The van der Waals surface area contributed by atoms with Crippen LogP contribution in [0.15, 0.2) is 53.0 Å². The predicted molar refractivity (Wildman–Crippen MR) is 126 cm³/mol. The fourth-order valence-electron chi connectivity index (χ4n) is 3.21. The van der Waals surface area contributed by atoms with Crippen molar-refractivity contribution in [1.82, 2.24) is 25.2 Å². The third-order valence-corrected chi connectivity index (χ3v) is 6.79. The molecule has 0 bridgehead atoms. The van der Waals surface area contributed by atoms with Crippen LogP contribution in [0.3, 0.4) is 0 Å². The highest BCUT2D eigenvalue weighted by molar-refractivity contribution is 7.98. The van der Waals surface area contributed by atoms with Crippen LogP contribution in [-0.4, -0.2) is 38.2 Å². The maximum Gasteiger partial charge on any atom is 0.230 e. The number of amides is 1. The first-order chi connectivity index (χ1) is 15.5. The zero-order chi connectivity index (χ0) is 22.7. The third-order valence-electron chi connectivity index (χ3n) is 4.97. The summed E-state index contributed by atoms with van der Waals surface area (Å²) in [5, 5.41) is 15.4. The quantitative estimate of drug-likeness (QED) is 0.364. The van der Waals surface area contributed by atoms with E-state index in [0.29, 0.717) is 27.5 Å². The molecule has 0 aliphatic heterocycles. The number of hydrogen-bond donors (Lipinski definition) is 0. The van der Waals surface area contributed by atoms with Gasteiger partial charge in [0.25, 0.3) is 0 Å². The Hall–Kier alpha value is -3.24. The van der Waals surface area contributed by atoms with E-state index in [0.717, 1.165) is 16.9 Å². The van der Waals surface area contributed by atoms with Crippen LogP contribution in [0.4, 0.5) is 10.8 Å². The predicted octanol–water partition coefficient (Wildman–Crippen LogP) is 4.72. The molecule has 0 aliphatic carbocycles. The molecule has 4 rings (SSSR count). The number of benzene rings is 2. The van der Waals surface area contributed by atoms with Crippen LogP contribution < -0.4 is 9.64 Å². The molecule has 10 heteroatoms. The Bertz CT molecular complexity index is 1250. The Morgan fingerprint density at radius 2 is 2.00 bits per heavy atom. The van der Waals surface area contributed by atoms with Crippen LogP contribution in [0.2, 0.25) is 0 Å². The van der Waals surface area contributed by atoms with E-state index in [1.807, 2.05) is 41.8 Å². The molecular weight excluding hydrogens is 444 g/mol. The number of thiazole rings is 1. The Balaban J connectivity index is 1.55. The second kappa shape index (κ2) is 9.49. The molecular formula is C22H22N6O2S2. The van der Waals surface area contributed by atoms with E-state index >= 15 is 0 Å². The molecule has 164 valence electrons. The zero-order valence-corrected chi connectivity index (χ0v) is 19.8. The number of para-hydroxylation sites is 2. The average Bonchev–Trinajstić information content (AvgIpc) is 3.44.